The van der Waals surface area contributed by atoms with Gasteiger partial charge in [0.15, 0.2) is 0 Å². The number of benzene rings is 2. The molecule has 0 saturated carbocycles. The van der Waals surface area contributed by atoms with Crippen molar-refractivity contribution in [2.24, 2.45) is 0 Å². The molecule has 2 amide bonds. The average molecular weight is 412 g/mol. The lowest BCUT2D eigenvalue weighted by atomic mass is 10.1. The number of nitrogens with one attached hydrogen (secondary N) is 2. The maximum Gasteiger partial charge on any atom is 0.252 e. The fourth-order valence-corrected chi connectivity index (χ4v) is 3.27. The number of nitrogens with zero attached hydrogens (tertiary/aromatic N) is 1. The largest absolute Gasteiger partial charge is 0.352 e. The summed E-state index contributed by atoms with van der Waals surface area (Å²) >= 11 is 6.10. The Kier molecular flexibility index (Phi) is 6.34. The van der Waals surface area contributed by atoms with Crippen molar-refractivity contribution >= 4 is 40.0 Å². The molecular formula is C22H22ClN3O3. The number of para-hydroxylation sites is 1. The van der Waals surface area contributed by atoms with Crippen molar-refractivity contribution in [1.82, 2.24) is 9.88 Å². The molecule has 0 aliphatic heterocycles. The molecule has 7 heteroatoms. The summed E-state index contributed by atoms with van der Waals surface area (Å²) in [4.78, 5) is 37.8. The second kappa shape index (κ2) is 8.92. The highest BCUT2D eigenvalue weighted by Crippen LogP contribution is 2.23. The van der Waals surface area contributed by atoms with Crippen LogP contribution in [-0.2, 0) is 11.3 Å². The van der Waals surface area contributed by atoms with Gasteiger partial charge in [-0.25, -0.2) is 0 Å². The number of halogens is 1. The fraction of sp³-hybridized carbons (Fsp3) is 0.227. The number of aromatic nitrogens is 1. The minimum atomic E-state index is -0.414. The molecule has 1 aromatic heterocycles. The van der Waals surface area contributed by atoms with Gasteiger partial charge in [0.1, 0.15) is 6.54 Å². The number of amides is 2. The van der Waals surface area contributed by atoms with Crippen LogP contribution in [0.25, 0.3) is 10.9 Å². The summed E-state index contributed by atoms with van der Waals surface area (Å²) in [6.45, 7) is 4.11. The van der Waals surface area contributed by atoms with Gasteiger partial charge in [0.2, 0.25) is 5.91 Å². The van der Waals surface area contributed by atoms with Crippen molar-refractivity contribution in [3.05, 3.63) is 75.0 Å². The van der Waals surface area contributed by atoms with Crippen LogP contribution >= 0.6 is 11.6 Å². The summed E-state index contributed by atoms with van der Waals surface area (Å²) < 4.78 is 1.36. The van der Waals surface area contributed by atoms with Crippen molar-refractivity contribution in [2.45, 2.75) is 26.8 Å². The molecule has 0 saturated heterocycles. The molecular weight excluding hydrogens is 390 g/mol. The van der Waals surface area contributed by atoms with Crippen LogP contribution in [0.2, 0.25) is 5.02 Å². The van der Waals surface area contributed by atoms with E-state index in [1.807, 2.05) is 13.8 Å². The van der Waals surface area contributed by atoms with Crippen molar-refractivity contribution in [3.63, 3.8) is 0 Å². The zero-order valence-corrected chi connectivity index (χ0v) is 17.0. The number of carbonyl (C=O) groups excluding carboxylic acids is 2. The molecule has 2 N–H and O–H groups in total. The molecule has 0 unspecified atom stereocenters. The Balaban J connectivity index is 1.95. The van der Waals surface area contributed by atoms with E-state index in [4.69, 9.17) is 11.6 Å². The van der Waals surface area contributed by atoms with Crippen molar-refractivity contribution in [1.29, 1.82) is 0 Å². The van der Waals surface area contributed by atoms with E-state index >= 15 is 0 Å². The smallest absolute Gasteiger partial charge is 0.252 e. The Bertz CT molecular complexity index is 1140. The van der Waals surface area contributed by atoms with E-state index in [1.54, 1.807) is 42.5 Å². The van der Waals surface area contributed by atoms with Gasteiger partial charge in [-0.05, 0) is 37.1 Å². The van der Waals surface area contributed by atoms with E-state index in [0.717, 1.165) is 12.0 Å². The predicted molar refractivity (Wildman–Crippen MR) is 116 cm³/mol. The van der Waals surface area contributed by atoms with Crippen LogP contribution in [0.3, 0.4) is 0 Å². The predicted octanol–water partition coefficient (Wildman–Crippen LogP) is 3.74. The third kappa shape index (κ3) is 4.49. The lowest BCUT2D eigenvalue weighted by molar-refractivity contribution is -0.116. The number of anilines is 1. The van der Waals surface area contributed by atoms with Crippen LogP contribution < -0.4 is 16.2 Å². The van der Waals surface area contributed by atoms with Crippen LogP contribution in [0.15, 0.2) is 53.3 Å². The van der Waals surface area contributed by atoms with E-state index in [2.05, 4.69) is 10.6 Å². The first-order valence-electron chi connectivity index (χ1n) is 9.38. The maximum atomic E-state index is 12.7. The molecule has 0 radical (unpaired) electrons. The molecule has 2 aromatic carbocycles. The number of carbonyl (C=O) groups is 2. The minimum absolute atomic E-state index is 0.178. The molecule has 150 valence electrons. The highest BCUT2D eigenvalue weighted by Gasteiger charge is 2.16. The SMILES string of the molecule is CCCNC(=O)c1cc(=O)n(CC(=O)Nc2cccc(Cl)c2C)c2ccccc12. The first-order chi connectivity index (χ1) is 13.9. The lowest BCUT2D eigenvalue weighted by Crippen LogP contribution is -2.31. The number of fused-ring (bicyclic) bond motifs is 1. The second-order valence-corrected chi connectivity index (χ2v) is 7.12. The zero-order valence-electron chi connectivity index (χ0n) is 16.3. The van der Waals surface area contributed by atoms with Crippen LogP contribution in [0, 0.1) is 6.92 Å². The zero-order chi connectivity index (χ0) is 21.0. The van der Waals surface area contributed by atoms with Crippen LogP contribution in [0.5, 0.6) is 0 Å². The van der Waals surface area contributed by atoms with Crippen molar-refractivity contribution in [2.75, 3.05) is 11.9 Å². The summed E-state index contributed by atoms with van der Waals surface area (Å²) in [5.41, 5.74) is 1.77. The topological polar surface area (TPSA) is 80.2 Å². The molecule has 0 bridgehead atoms. The molecule has 3 rings (SSSR count). The minimum Gasteiger partial charge on any atom is -0.352 e. The molecule has 0 atom stereocenters. The lowest BCUT2D eigenvalue weighted by Gasteiger charge is -2.14. The monoisotopic (exact) mass is 411 g/mol. The molecule has 0 spiro atoms. The normalized spacial score (nSPS) is 10.7. The van der Waals surface area contributed by atoms with Gasteiger partial charge in [0.25, 0.3) is 11.5 Å². The first kappa shape index (κ1) is 20.6. The fourth-order valence-electron chi connectivity index (χ4n) is 3.10. The number of rotatable bonds is 6. The van der Waals surface area contributed by atoms with Crippen LogP contribution in [0.1, 0.15) is 29.3 Å². The number of pyridine rings is 1. The Hall–Kier alpha value is -3.12. The average Bonchev–Trinajstić information content (AvgIpc) is 2.71. The van der Waals surface area contributed by atoms with Crippen molar-refractivity contribution < 1.29 is 9.59 Å². The molecule has 0 aliphatic carbocycles. The van der Waals surface area contributed by atoms with Gasteiger partial charge in [-0.15, -0.1) is 0 Å². The van der Waals surface area contributed by atoms with Crippen molar-refractivity contribution in [3.8, 4) is 0 Å². The highest BCUT2D eigenvalue weighted by molar-refractivity contribution is 6.31. The standard InChI is InChI=1S/C22H22ClN3O3/c1-3-11-24-22(29)16-12-21(28)26(19-10-5-4-7-15(16)19)13-20(27)25-18-9-6-8-17(23)14(18)2/h4-10,12H,3,11,13H2,1-2H3,(H,24,29)(H,25,27). The van der Waals surface area contributed by atoms with Gasteiger partial charge >= 0.3 is 0 Å². The summed E-state index contributed by atoms with van der Waals surface area (Å²) in [6, 6.07) is 13.6. The number of hydrogen-bond acceptors (Lipinski definition) is 3. The second-order valence-electron chi connectivity index (χ2n) is 6.72. The quantitative estimate of drug-likeness (QED) is 0.648. The summed E-state index contributed by atoms with van der Waals surface area (Å²) in [7, 11) is 0. The van der Waals surface area contributed by atoms with Gasteiger partial charge < -0.3 is 10.6 Å². The van der Waals surface area contributed by atoms with Gasteiger partial charge in [-0.2, -0.15) is 0 Å². The van der Waals surface area contributed by atoms with E-state index in [-0.39, 0.29) is 18.4 Å². The van der Waals surface area contributed by atoms with E-state index in [9.17, 15) is 14.4 Å². The van der Waals surface area contributed by atoms with E-state index in [1.165, 1.54) is 10.6 Å². The maximum absolute atomic E-state index is 12.7. The molecule has 3 aromatic rings. The molecule has 1 heterocycles. The van der Waals surface area contributed by atoms with Crippen LogP contribution in [0.4, 0.5) is 5.69 Å². The van der Waals surface area contributed by atoms with E-state index < -0.39 is 5.56 Å². The summed E-state index contributed by atoms with van der Waals surface area (Å²) in [5.74, 6) is -0.655. The van der Waals surface area contributed by atoms with Gasteiger partial charge in [0.05, 0.1) is 11.1 Å². The Morgan fingerprint density at radius 2 is 1.86 bits per heavy atom. The highest BCUT2D eigenvalue weighted by atomic mass is 35.5. The summed E-state index contributed by atoms with van der Waals surface area (Å²) in [5, 5.41) is 6.75. The van der Waals surface area contributed by atoms with Gasteiger partial charge in [-0.1, -0.05) is 42.8 Å². The third-order valence-electron chi connectivity index (χ3n) is 4.64. The van der Waals surface area contributed by atoms with E-state index in [0.29, 0.717) is 33.7 Å². The Morgan fingerprint density at radius 1 is 1.10 bits per heavy atom. The van der Waals surface area contributed by atoms with Crippen LogP contribution in [-0.4, -0.2) is 22.9 Å². The summed E-state index contributed by atoms with van der Waals surface area (Å²) in [6.07, 6.45) is 0.795. The molecule has 0 aliphatic rings. The van der Waals surface area contributed by atoms with Gasteiger partial charge in [0, 0.05) is 28.7 Å². The molecule has 29 heavy (non-hydrogen) atoms. The first-order valence-corrected chi connectivity index (χ1v) is 9.76. The molecule has 6 nitrogen and oxygen atoms in total. The molecule has 0 fully saturated rings. The third-order valence-corrected chi connectivity index (χ3v) is 5.05. The Morgan fingerprint density at radius 3 is 2.62 bits per heavy atom. The Labute approximate surface area is 173 Å². The number of hydrogen-bond donors (Lipinski definition) is 2. The van der Waals surface area contributed by atoms with Gasteiger partial charge in [-0.3, -0.25) is 19.0 Å².